The maximum absolute atomic E-state index is 12.9. The molecule has 1 unspecified atom stereocenters. The van der Waals surface area contributed by atoms with E-state index < -0.39 is 12.0 Å². The van der Waals surface area contributed by atoms with Crippen molar-refractivity contribution in [1.29, 1.82) is 0 Å². The number of carboxylic acid groups (broad SMARTS) is 1. The molecule has 21 heavy (non-hydrogen) atoms. The van der Waals surface area contributed by atoms with E-state index in [9.17, 15) is 14.7 Å². The van der Waals surface area contributed by atoms with Crippen molar-refractivity contribution < 1.29 is 14.7 Å². The van der Waals surface area contributed by atoms with Gasteiger partial charge in [0, 0.05) is 6.54 Å². The van der Waals surface area contributed by atoms with Gasteiger partial charge in [-0.05, 0) is 36.1 Å². The molecule has 120 valence electrons. The summed E-state index contributed by atoms with van der Waals surface area (Å²) in [6.07, 6.45) is 1.59. The van der Waals surface area contributed by atoms with Gasteiger partial charge in [-0.15, -0.1) is 0 Å². The van der Waals surface area contributed by atoms with E-state index in [-0.39, 0.29) is 28.2 Å². The van der Waals surface area contributed by atoms with Gasteiger partial charge in [-0.1, -0.05) is 34.6 Å². The van der Waals surface area contributed by atoms with E-state index in [1.54, 1.807) is 11.9 Å². The van der Waals surface area contributed by atoms with Crippen LogP contribution >= 0.6 is 0 Å². The zero-order valence-electron chi connectivity index (χ0n) is 14.0. The Balaban J connectivity index is 2.25. The molecule has 1 aliphatic heterocycles. The number of nitrogens with zero attached hydrogens (tertiary/aromatic N) is 1. The summed E-state index contributed by atoms with van der Waals surface area (Å²) in [7, 11) is 1.76. The third kappa shape index (κ3) is 2.56. The molecule has 1 amide bonds. The predicted octanol–water partition coefficient (Wildman–Crippen LogP) is 1.72. The number of amides is 1. The fourth-order valence-electron chi connectivity index (χ4n) is 3.95. The fraction of sp³-hybridized carbons (Fsp3) is 0.875. The van der Waals surface area contributed by atoms with Crippen molar-refractivity contribution in [1.82, 2.24) is 10.2 Å². The average Bonchev–Trinajstić information content (AvgIpc) is 2.68. The Morgan fingerprint density at radius 3 is 2.19 bits per heavy atom. The van der Waals surface area contributed by atoms with E-state index in [4.69, 9.17) is 0 Å². The van der Waals surface area contributed by atoms with Crippen LogP contribution in [-0.4, -0.2) is 47.6 Å². The highest BCUT2D eigenvalue weighted by atomic mass is 16.4. The predicted molar refractivity (Wildman–Crippen MR) is 80.9 cm³/mol. The van der Waals surface area contributed by atoms with E-state index in [0.717, 1.165) is 6.42 Å². The number of hydrogen-bond acceptors (Lipinski definition) is 3. The smallest absolute Gasteiger partial charge is 0.326 e. The van der Waals surface area contributed by atoms with Crippen LogP contribution in [0, 0.1) is 16.2 Å². The van der Waals surface area contributed by atoms with Gasteiger partial charge in [-0.3, -0.25) is 4.79 Å². The second kappa shape index (κ2) is 4.70. The Morgan fingerprint density at radius 2 is 1.86 bits per heavy atom. The van der Waals surface area contributed by atoms with E-state index in [2.05, 4.69) is 19.2 Å². The lowest BCUT2D eigenvalue weighted by molar-refractivity contribution is -0.150. The van der Waals surface area contributed by atoms with E-state index in [1.807, 2.05) is 20.8 Å². The maximum atomic E-state index is 12.9. The van der Waals surface area contributed by atoms with Crippen LogP contribution in [0.5, 0.6) is 0 Å². The van der Waals surface area contributed by atoms with Crippen LogP contribution in [0.2, 0.25) is 0 Å². The molecule has 5 nitrogen and oxygen atoms in total. The van der Waals surface area contributed by atoms with Gasteiger partial charge in [-0.25, -0.2) is 4.79 Å². The van der Waals surface area contributed by atoms with Gasteiger partial charge in [0.2, 0.25) is 5.91 Å². The average molecular weight is 296 g/mol. The van der Waals surface area contributed by atoms with Gasteiger partial charge in [0.25, 0.3) is 0 Å². The molecule has 1 spiro atoms. The van der Waals surface area contributed by atoms with E-state index in [1.165, 1.54) is 0 Å². The molecule has 0 aromatic rings. The number of aliphatic carboxylic acids is 1. The highest BCUT2D eigenvalue weighted by molar-refractivity contribution is 5.88. The monoisotopic (exact) mass is 296 g/mol. The van der Waals surface area contributed by atoms with Gasteiger partial charge in [0.05, 0.1) is 6.04 Å². The zero-order valence-corrected chi connectivity index (χ0v) is 14.0. The number of rotatable bonds is 3. The summed E-state index contributed by atoms with van der Waals surface area (Å²) >= 11 is 0. The van der Waals surface area contributed by atoms with Gasteiger partial charge in [0.15, 0.2) is 0 Å². The lowest BCUT2D eigenvalue weighted by Crippen LogP contribution is -2.54. The van der Waals surface area contributed by atoms with Crippen molar-refractivity contribution in [2.45, 2.75) is 59.5 Å². The number of likely N-dealkylation sites (tertiary alicyclic amines) is 1. The quantitative estimate of drug-likeness (QED) is 0.832. The summed E-state index contributed by atoms with van der Waals surface area (Å²) in [5, 5.41) is 12.6. The minimum atomic E-state index is -0.883. The Bertz CT molecular complexity index is 467. The highest BCUT2D eigenvalue weighted by Crippen LogP contribution is 2.68. The first-order valence-electron chi connectivity index (χ1n) is 7.66. The van der Waals surface area contributed by atoms with Crippen molar-refractivity contribution in [2.75, 3.05) is 13.6 Å². The Hall–Kier alpha value is -1.10. The van der Waals surface area contributed by atoms with Crippen LogP contribution in [0.3, 0.4) is 0 Å². The van der Waals surface area contributed by atoms with Crippen molar-refractivity contribution in [3.05, 3.63) is 0 Å². The van der Waals surface area contributed by atoms with Crippen LogP contribution in [0.4, 0.5) is 0 Å². The molecule has 0 bridgehead atoms. The Morgan fingerprint density at radius 1 is 1.33 bits per heavy atom. The molecule has 1 saturated carbocycles. The van der Waals surface area contributed by atoms with Crippen molar-refractivity contribution >= 4 is 11.9 Å². The number of carbonyl (C=O) groups excluding carboxylic acids is 1. The van der Waals surface area contributed by atoms with Crippen LogP contribution in [-0.2, 0) is 9.59 Å². The summed E-state index contributed by atoms with van der Waals surface area (Å²) in [6, 6.07) is -1.05. The first kappa shape index (κ1) is 16.3. The van der Waals surface area contributed by atoms with Crippen LogP contribution < -0.4 is 5.32 Å². The normalized spacial score (nSPS) is 32.3. The van der Waals surface area contributed by atoms with Crippen LogP contribution in [0.1, 0.15) is 47.5 Å². The van der Waals surface area contributed by atoms with Crippen molar-refractivity contribution in [3.63, 3.8) is 0 Å². The summed E-state index contributed by atoms with van der Waals surface area (Å²) in [6.45, 7) is 10.9. The molecule has 1 heterocycles. The summed E-state index contributed by atoms with van der Waals surface area (Å²) < 4.78 is 0. The molecule has 2 rings (SSSR count). The molecular weight excluding hydrogens is 268 g/mol. The SMILES string of the molecule is CN[C@H](C(=O)N1CC2(C[C@H]1C(=O)O)CC2(C)C)C(C)(C)C. The van der Waals surface area contributed by atoms with Crippen LogP contribution in [0.25, 0.3) is 0 Å². The topological polar surface area (TPSA) is 69.6 Å². The molecule has 3 atom stereocenters. The largest absolute Gasteiger partial charge is 0.480 e. The zero-order chi connectivity index (χ0) is 16.2. The Kier molecular flexibility index (Phi) is 3.64. The molecule has 0 radical (unpaired) electrons. The van der Waals surface area contributed by atoms with Crippen LogP contribution in [0.15, 0.2) is 0 Å². The molecule has 0 aromatic carbocycles. The van der Waals surface area contributed by atoms with Gasteiger partial charge in [0.1, 0.15) is 6.04 Å². The van der Waals surface area contributed by atoms with E-state index >= 15 is 0 Å². The van der Waals surface area contributed by atoms with Crippen molar-refractivity contribution in [2.24, 2.45) is 16.2 Å². The number of carboxylic acids is 1. The minimum Gasteiger partial charge on any atom is -0.480 e. The first-order chi connectivity index (χ1) is 9.45. The third-order valence-corrected chi connectivity index (χ3v) is 5.49. The summed E-state index contributed by atoms with van der Waals surface area (Å²) in [4.78, 5) is 26.1. The van der Waals surface area contributed by atoms with Gasteiger partial charge >= 0.3 is 5.97 Å². The molecule has 1 aliphatic carbocycles. The second-order valence-electron chi connectivity index (χ2n) is 8.45. The Labute approximate surface area is 127 Å². The molecule has 2 N–H and O–H groups in total. The van der Waals surface area contributed by atoms with Gasteiger partial charge < -0.3 is 15.3 Å². The molecule has 2 fully saturated rings. The first-order valence-corrected chi connectivity index (χ1v) is 7.66. The highest BCUT2D eigenvalue weighted by Gasteiger charge is 2.67. The molecular formula is C16H28N2O3. The van der Waals surface area contributed by atoms with Crippen molar-refractivity contribution in [3.8, 4) is 0 Å². The standard InChI is InChI=1S/C16H28N2O3/c1-14(2,3)11(17-6)12(19)18-9-16(8-15(16,4)5)7-10(18)13(20)21/h10-11,17H,7-9H2,1-6H3,(H,20,21)/t10-,11+,16?/m0/s1. The maximum Gasteiger partial charge on any atom is 0.326 e. The lowest BCUT2D eigenvalue weighted by atomic mass is 9.86. The molecule has 2 aliphatic rings. The second-order valence-corrected chi connectivity index (χ2v) is 8.45. The van der Waals surface area contributed by atoms with Gasteiger partial charge in [-0.2, -0.15) is 0 Å². The number of nitrogens with one attached hydrogen (secondary N) is 1. The minimum absolute atomic E-state index is 0.00188. The lowest BCUT2D eigenvalue weighted by Gasteiger charge is -2.34. The third-order valence-electron chi connectivity index (χ3n) is 5.49. The summed E-state index contributed by atoms with van der Waals surface area (Å²) in [5.74, 6) is -0.969. The number of likely N-dealkylation sites (N-methyl/N-ethyl adjacent to an activating group) is 1. The van der Waals surface area contributed by atoms with E-state index in [0.29, 0.717) is 13.0 Å². The molecule has 1 saturated heterocycles. The molecule has 0 aromatic heterocycles. The fourth-order valence-corrected chi connectivity index (χ4v) is 3.95. The molecule has 5 heteroatoms. The number of hydrogen-bond donors (Lipinski definition) is 2. The summed E-state index contributed by atoms with van der Waals surface area (Å²) in [5.41, 5.74) is -0.0990. The number of carbonyl (C=O) groups is 2.